The van der Waals surface area contributed by atoms with E-state index in [4.69, 9.17) is 4.74 Å². The van der Waals surface area contributed by atoms with E-state index in [0.717, 1.165) is 18.8 Å². The van der Waals surface area contributed by atoms with E-state index in [-0.39, 0.29) is 0 Å². The monoisotopic (exact) mass is 183 g/mol. The number of nitrogens with one attached hydrogen (secondary N) is 1. The molecule has 0 saturated carbocycles. The van der Waals surface area contributed by atoms with Gasteiger partial charge in [-0.25, -0.2) is 0 Å². The Balaban J connectivity index is 2.05. The fourth-order valence-corrected chi connectivity index (χ4v) is 2.11. The Labute approximate surface area is 76.6 Å². The van der Waals surface area contributed by atoms with Gasteiger partial charge >= 0.3 is 0 Å². The molecule has 0 spiro atoms. The summed E-state index contributed by atoms with van der Waals surface area (Å²) in [5.41, 5.74) is 0. The van der Waals surface area contributed by atoms with Crippen LogP contribution in [-0.2, 0) is 0 Å². The summed E-state index contributed by atoms with van der Waals surface area (Å²) >= 11 is 1.80. The third kappa shape index (κ3) is 1.47. The number of hydrogen-bond acceptors (Lipinski definition) is 3. The molecule has 0 amide bonds. The van der Waals surface area contributed by atoms with Crippen molar-refractivity contribution in [1.82, 2.24) is 5.32 Å². The van der Waals surface area contributed by atoms with E-state index in [2.05, 4.69) is 25.2 Å². The van der Waals surface area contributed by atoms with Crippen molar-refractivity contribution in [3.05, 3.63) is 15.8 Å². The van der Waals surface area contributed by atoms with E-state index < -0.39 is 0 Å². The number of aryl methyl sites for hydroxylation is 2. The summed E-state index contributed by atoms with van der Waals surface area (Å²) in [6.07, 6.45) is 0.401. The Hall–Kier alpha value is -0.540. The summed E-state index contributed by atoms with van der Waals surface area (Å²) in [6.45, 7) is 6.21. The molecule has 1 N–H and O–H groups in total. The normalized spacial score (nSPS) is 17.5. The lowest BCUT2D eigenvalue weighted by molar-refractivity contribution is 0.142. The average Bonchev–Trinajstić information content (AvgIpc) is 2.21. The van der Waals surface area contributed by atoms with Gasteiger partial charge < -0.3 is 10.1 Å². The Morgan fingerprint density at radius 1 is 1.50 bits per heavy atom. The van der Waals surface area contributed by atoms with Gasteiger partial charge in [-0.15, -0.1) is 11.3 Å². The van der Waals surface area contributed by atoms with E-state index in [0.29, 0.717) is 6.10 Å². The molecule has 12 heavy (non-hydrogen) atoms. The van der Waals surface area contributed by atoms with Gasteiger partial charge in [-0.1, -0.05) is 0 Å². The Morgan fingerprint density at radius 2 is 2.25 bits per heavy atom. The molecule has 3 heteroatoms. The van der Waals surface area contributed by atoms with Gasteiger partial charge in [0.15, 0.2) is 0 Å². The summed E-state index contributed by atoms with van der Waals surface area (Å²) in [4.78, 5) is 2.62. The van der Waals surface area contributed by atoms with Gasteiger partial charge in [0, 0.05) is 22.8 Å². The van der Waals surface area contributed by atoms with Crippen molar-refractivity contribution in [1.29, 1.82) is 0 Å². The molecule has 0 aromatic carbocycles. The third-order valence-corrected chi connectivity index (χ3v) is 2.98. The number of rotatable bonds is 2. The van der Waals surface area contributed by atoms with Gasteiger partial charge in [0.2, 0.25) is 0 Å². The highest BCUT2D eigenvalue weighted by Crippen LogP contribution is 2.28. The first-order valence-electron chi connectivity index (χ1n) is 4.20. The van der Waals surface area contributed by atoms with E-state index in [9.17, 15) is 0 Å². The molecule has 1 aromatic rings. The topological polar surface area (TPSA) is 21.3 Å². The lowest BCUT2D eigenvalue weighted by Crippen LogP contribution is -2.50. The lowest BCUT2D eigenvalue weighted by Gasteiger charge is -2.27. The van der Waals surface area contributed by atoms with Crippen LogP contribution < -0.4 is 10.1 Å². The molecule has 2 heterocycles. The van der Waals surface area contributed by atoms with Crippen LogP contribution in [0, 0.1) is 13.8 Å². The van der Waals surface area contributed by atoms with Crippen molar-refractivity contribution in [3.8, 4) is 5.75 Å². The van der Waals surface area contributed by atoms with Gasteiger partial charge in [-0.05, 0) is 19.9 Å². The van der Waals surface area contributed by atoms with E-state index in [1.54, 1.807) is 11.3 Å². The highest BCUT2D eigenvalue weighted by Gasteiger charge is 2.19. The Kier molecular flexibility index (Phi) is 2.07. The summed E-state index contributed by atoms with van der Waals surface area (Å²) in [5.74, 6) is 1.07. The molecule has 1 aliphatic heterocycles. The second-order valence-electron chi connectivity index (χ2n) is 3.18. The molecular formula is C9H13NOS. The predicted octanol–water partition coefficient (Wildman–Crippen LogP) is 1.72. The minimum Gasteiger partial charge on any atom is -0.487 e. The maximum absolute atomic E-state index is 5.75. The highest BCUT2D eigenvalue weighted by molar-refractivity contribution is 7.12. The molecule has 0 atom stereocenters. The second kappa shape index (κ2) is 3.07. The fourth-order valence-electron chi connectivity index (χ4n) is 1.25. The first-order valence-corrected chi connectivity index (χ1v) is 5.02. The number of thiophene rings is 1. The molecule has 1 saturated heterocycles. The van der Waals surface area contributed by atoms with Crippen molar-refractivity contribution in [2.45, 2.75) is 20.0 Å². The van der Waals surface area contributed by atoms with Gasteiger partial charge in [0.05, 0.1) is 0 Å². The average molecular weight is 183 g/mol. The summed E-state index contributed by atoms with van der Waals surface area (Å²) in [5, 5.41) is 3.19. The first kappa shape index (κ1) is 8.08. The molecule has 0 unspecified atom stereocenters. The zero-order chi connectivity index (χ0) is 8.55. The molecule has 0 aliphatic carbocycles. The molecule has 1 fully saturated rings. The van der Waals surface area contributed by atoms with Crippen LogP contribution in [0.15, 0.2) is 6.07 Å². The zero-order valence-corrected chi connectivity index (χ0v) is 8.20. The maximum Gasteiger partial charge on any atom is 0.133 e. The van der Waals surface area contributed by atoms with Crippen LogP contribution in [0.2, 0.25) is 0 Å². The van der Waals surface area contributed by atoms with Crippen LogP contribution in [0.5, 0.6) is 5.75 Å². The van der Waals surface area contributed by atoms with Crippen LogP contribution in [0.25, 0.3) is 0 Å². The molecule has 0 bridgehead atoms. The van der Waals surface area contributed by atoms with Gasteiger partial charge in [-0.2, -0.15) is 0 Å². The quantitative estimate of drug-likeness (QED) is 0.753. The predicted molar refractivity (Wildman–Crippen MR) is 51.1 cm³/mol. The van der Waals surface area contributed by atoms with Crippen LogP contribution in [0.4, 0.5) is 0 Å². The smallest absolute Gasteiger partial charge is 0.133 e. The Bertz CT molecular complexity index is 278. The molecule has 2 rings (SSSR count). The SMILES string of the molecule is Cc1cc(OC2CNC2)c(C)s1. The highest BCUT2D eigenvalue weighted by atomic mass is 32.1. The first-order chi connectivity index (χ1) is 5.75. The minimum atomic E-state index is 0.401. The molecule has 1 aliphatic rings. The Morgan fingerprint density at radius 3 is 2.67 bits per heavy atom. The van der Waals surface area contributed by atoms with Crippen molar-refractivity contribution in [2.24, 2.45) is 0 Å². The summed E-state index contributed by atoms with van der Waals surface area (Å²) in [6, 6.07) is 2.12. The minimum absolute atomic E-state index is 0.401. The maximum atomic E-state index is 5.75. The van der Waals surface area contributed by atoms with Crippen LogP contribution in [0.1, 0.15) is 9.75 Å². The molecule has 0 radical (unpaired) electrons. The molecular weight excluding hydrogens is 170 g/mol. The molecule has 66 valence electrons. The van der Waals surface area contributed by atoms with Crippen molar-refractivity contribution in [2.75, 3.05) is 13.1 Å². The van der Waals surface area contributed by atoms with E-state index in [1.165, 1.54) is 9.75 Å². The van der Waals surface area contributed by atoms with E-state index >= 15 is 0 Å². The lowest BCUT2D eigenvalue weighted by atomic mass is 10.2. The van der Waals surface area contributed by atoms with Crippen molar-refractivity contribution in [3.63, 3.8) is 0 Å². The molecule has 1 aromatic heterocycles. The van der Waals surface area contributed by atoms with E-state index in [1.807, 2.05) is 0 Å². The van der Waals surface area contributed by atoms with Crippen LogP contribution in [-0.4, -0.2) is 19.2 Å². The third-order valence-electron chi connectivity index (χ3n) is 2.03. The van der Waals surface area contributed by atoms with Gasteiger partial charge in [-0.3, -0.25) is 0 Å². The summed E-state index contributed by atoms with van der Waals surface area (Å²) in [7, 11) is 0. The largest absolute Gasteiger partial charge is 0.487 e. The van der Waals surface area contributed by atoms with Crippen LogP contribution >= 0.6 is 11.3 Å². The van der Waals surface area contributed by atoms with Gasteiger partial charge in [0.1, 0.15) is 11.9 Å². The van der Waals surface area contributed by atoms with Gasteiger partial charge in [0.25, 0.3) is 0 Å². The van der Waals surface area contributed by atoms with Crippen LogP contribution in [0.3, 0.4) is 0 Å². The zero-order valence-electron chi connectivity index (χ0n) is 7.39. The second-order valence-corrected chi connectivity index (χ2v) is 4.64. The molecule has 2 nitrogen and oxygen atoms in total. The standard InChI is InChI=1S/C9H13NOS/c1-6-3-9(7(2)12-6)11-8-4-10-5-8/h3,8,10H,4-5H2,1-2H3. The number of hydrogen-bond donors (Lipinski definition) is 1. The van der Waals surface area contributed by atoms with Crippen molar-refractivity contribution < 1.29 is 4.74 Å². The fraction of sp³-hybridized carbons (Fsp3) is 0.556. The number of ether oxygens (including phenoxy) is 1. The summed E-state index contributed by atoms with van der Waals surface area (Å²) < 4.78 is 5.75. The van der Waals surface area contributed by atoms with Crippen molar-refractivity contribution >= 4 is 11.3 Å².